The molecule has 5 nitrogen and oxygen atoms in total. The number of carbonyl (C=O) groups is 1. The highest BCUT2D eigenvalue weighted by atomic mass is 32.2. The van der Waals surface area contributed by atoms with Crippen molar-refractivity contribution in [1.82, 2.24) is 4.90 Å². The first-order chi connectivity index (χ1) is 14.7. The highest BCUT2D eigenvalue weighted by molar-refractivity contribution is 7.99. The van der Waals surface area contributed by atoms with Gasteiger partial charge in [0.1, 0.15) is 5.60 Å². The van der Waals surface area contributed by atoms with Gasteiger partial charge in [0.05, 0.1) is 11.4 Å². The maximum absolute atomic E-state index is 12.5. The summed E-state index contributed by atoms with van der Waals surface area (Å²) in [6.45, 7) is 13.3. The molecule has 1 N–H and O–H groups in total. The molecule has 166 valence electrons. The molecule has 0 unspecified atom stereocenters. The molecule has 0 bridgehead atoms. The number of hydrogen-bond acceptors (Lipinski definition) is 5. The fraction of sp³-hybridized carbons (Fsp3) is 0.480. The Hall–Kier alpha value is -2.34. The summed E-state index contributed by atoms with van der Waals surface area (Å²) in [6, 6.07) is 11.1. The molecule has 0 radical (unpaired) electrons. The lowest BCUT2D eigenvalue weighted by Gasteiger charge is -2.29. The summed E-state index contributed by atoms with van der Waals surface area (Å²) in [7, 11) is 0. The molecule has 0 atom stereocenters. The smallest absolute Gasteiger partial charge is 0.410 e. The van der Waals surface area contributed by atoms with Gasteiger partial charge in [-0.15, -0.1) is 0 Å². The van der Waals surface area contributed by atoms with E-state index in [4.69, 9.17) is 4.74 Å². The van der Waals surface area contributed by atoms with Gasteiger partial charge < -0.3 is 19.9 Å². The number of para-hydroxylation sites is 1. The van der Waals surface area contributed by atoms with Gasteiger partial charge in [-0.25, -0.2) is 4.79 Å². The summed E-state index contributed by atoms with van der Waals surface area (Å²) < 4.78 is 5.58. The highest BCUT2D eigenvalue weighted by Gasteiger charge is 2.26. The van der Waals surface area contributed by atoms with Crippen LogP contribution in [0.15, 0.2) is 40.1 Å². The Kier molecular flexibility index (Phi) is 6.11. The van der Waals surface area contributed by atoms with Crippen LogP contribution in [0.1, 0.15) is 45.2 Å². The molecule has 2 aromatic rings. The van der Waals surface area contributed by atoms with E-state index in [0.29, 0.717) is 6.54 Å². The lowest BCUT2D eigenvalue weighted by Crippen LogP contribution is -2.39. The van der Waals surface area contributed by atoms with Crippen LogP contribution in [0.2, 0.25) is 0 Å². The molecule has 1 fully saturated rings. The lowest BCUT2D eigenvalue weighted by molar-refractivity contribution is 0.0263. The molecule has 1 saturated heterocycles. The Bertz CT molecular complexity index is 983. The topological polar surface area (TPSA) is 44.8 Å². The molecule has 1 amide bonds. The lowest BCUT2D eigenvalue weighted by atomic mass is 10.1. The number of benzene rings is 2. The zero-order valence-electron chi connectivity index (χ0n) is 19.2. The second kappa shape index (κ2) is 8.65. The van der Waals surface area contributed by atoms with Crippen LogP contribution >= 0.6 is 11.8 Å². The van der Waals surface area contributed by atoms with Crippen LogP contribution in [0.3, 0.4) is 0 Å². The summed E-state index contributed by atoms with van der Waals surface area (Å²) in [5, 5.41) is 3.71. The number of nitrogens with zero attached hydrogens (tertiary/aromatic N) is 2. The van der Waals surface area contributed by atoms with Crippen molar-refractivity contribution in [1.29, 1.82) is 0 Å². The van der Waals surface area contributed by atoms with Crippen LogP contribution in [0.5, 0.6) is 0 Å². The zero-order valence-corrected chi connectivity index (χ0v) is 20.1. The quantitative estimate of drug-likeness (QED) is 0.514. The van der Waals surface area contributed by atoms with E-state index in [-0.39, 0.29) is 6.09 Å². The molecule has 0 spiro atoms. The van der Waals surface area contributed by atoms with Crippen LogP contribution in [-0.4, -0.2) is 42.8 Å². The second-order valence-electron chi connectivity index (χ2n) is 9.31. The molecule has 2 heterocycles. The van der Waals surface area contributed by atoms with E-state index in [0.717, 1.165) is 32.5 Å². The van der Waals surface area contributed by atoms with E-state index >= 15 is 0 Å². The molecule has 2 aromatic carbocycles. The highest BCUT2D eigenvalue weighted by Crippen LogP contribution is 2.48. The van der Waals surface area contributed by atoms with Crippen molar-refractivity contribution >= 4 is 34.9 Å². The molecule has 2 aliphatic rings. The first-order valence-electron chi connectivity index (χ1n) is 11.2. The van der Waals surface area contributed by atoms with Gasteiger partial charge in [-0.1, -0.05) is 30.8 Å². The van der Waals surface area contributed by atoms with Crippen LogP contribution < -0.4 is 10.2 Å². The van der Waals surface area contributed by atoms with Gasteiger partial charge in [0, 0.05) is 41.7 Å². The molecule has 0 aliphatic carbocycles. The van der Waals surface area contributed by atoms with Crippen molar-refractivity contribution < 1.29 is 9.53 Å². The number of fused-ring (bicyclic) bond motifs is 2. The predicted molar refractivity (Wildman–Crippen MR) is 129 cm³/mol. The van der Waals surface area contributed by atoms with Crippen LogP contribution in [-0.2, 0) is 11.2 Å². The standard InChI is InChI=1S/C25H33N3O2S/c1-6-18-15-19(16-21-23(18)26-22-17(2)9-7-10-20(22)31-21)27-11-8-12-28(14-13-27)24(29)30-25(3,4)5/h7,9-10,15-16,26H,6,8,11-14H2,1-5H3. The summed E-state index contributed by atoms with van der Waals surface area (Å²) in [5.41, 5.74) is 5.86. The normalized spacial score (nSPS) is 16.2. The minimum absolute atomic E-state index is 0.208. The Morgan fingerprint density at radius 3 is 2.65 bits per heavy atom. The summed E-state index contributed by atoms with van der Waals surface area (Å²) >= 11 is 1.85. The van der Waals surface area contributed by atoms with Crippen molar-refractivity contribution in [2.45, 2.75) is 62.9 Å². The Labute approximate surface area is 190 Å². The number of carbonyl (C=O) groups excluding carboxylic acids is 1. The van der Waals surface area contributed by atoms with E-state index in [1.807, 2.05) is 37.4 Å². The summed E-state index contributed by atoms with van der Waals surface area (Å²) in [5.74, 6) is 0. The molecule has 4 rings (SSSR count). The van der Waals surface area contributed by atoms with Crippen molar-refractivity contribution in [3.05, 3.63) is 41.5 Å². The van der Waals surface area contributed by atoms with E-state index in [1.54, 1.807) is 0 Å². The van der Waals surface area contributed by atoms with Crippen molar-refractivity contribution in [2.75, 3.05) is 36.4 Å². The average molecular weight is 440 g/mol. The molecular weight excluding hydrogens is 406 g/mol. The molecule has 0 aromatic heterocycles. The van der Waals surface area contributed by atoms with E-state index in [2.05, 4.69) is 54.4 Å². The maximum Gasteiger partial charge on any atom is 0.410 e. The van der Waals surface area contributed by atoms with Gasteiger partial charge >= 0.3 is 6.09 Å². The third kappa shape index (κ3) is 4.79. The zero-order chi connectivity index (χ0) is 22.2. The number of aryl methyl sites for hydroxylation is 2. The van der Waals surface area contributed by atoms with Gasteiger partial charge in [0.15, 0.2) is 0 Å². The van der Waals surface area contributed by atoms with Crippen LogP contribution in [0.4, 0.5) is 21.9 Å². The van der Waals surface area contributed by atoms with Crippen molar-refractivity contribution in [2.24, 2.45) is 0 Å². The molecule has 31 heavy (non-hydrogen) atoms. The monoisotopic (exact) mass is 439 g/mol. The van der Waals surface area contributed by atoms with Gasteiger partial charge in [0.25, 0.3) is 0 Å². The Balaban J connectivity index is 1.55. The first kappa shape index (κ1) is 21.9. The fourth-order valence-electron chi connectivity index (χ4n) is 4.16. The summed E-state index contributed by atoms with van der Waals surface area (Å²) in [6.07, 6.45) is 1.70. The minimum Gasteiger partial charge on any atom is -0.444 e. The van der Waals surface area contributed by atoms with Gasteiger partial charge in [-0.2, -0.15) is 0 Å². The van der Waals surface area contributed by atoms with Crippen molar-refractivity contribution in [3.8, 4) is 0 Å². The van der Waals surface area contributed by atoms with Crippen LogP contribution in [0, 0.1) is 6.92 Å². The third-order valence-electron chi connectivity index (χ3n) is 5.77. The Morgan fingerprint density at radius 2 is 1.90 bits per heavy atom. The number of anilines is 3. The second-order valence-corrected chi connectivity index (χ2v) is 10.4. The fourth-order valence-corrected chi connectivity index (χ4v) is 5.32. The molecule has 2 aliphatic heterocycles. The molecule has 0 saturated carbocycles. The largest absolute Gasteiger partial charge is 0.444 e. The third-order valence-corrected chi connectivity index (χ3v) is 6.87. The first-order valence-corrected chi connectivity index (χ1v) is 12.0. The number of nitrogens with one attached hydrogen (secondary N) is 1. The van der Waals surface area contributed by atoms with Crippen molar-refractivity contribution in [3.63, 3.8) is 0 Å². The number of amides is 1. The minimum atomic E-state index is -0.462. The van der Waals surface area contributed by atoms with E-state index in [1.165, 1.54) is 38.0 Å². The van der Waals surface area contributed by atoms with Gasteiger partial charge in [-0.3, -0.25) is 0 Å². The van der Waals surface area contributed by atoms with E-state index < -0.39 is 5.60 Å². The van der Waals surface area contributed by atoms with Gasteiger partial charge in [0.2, 0.25) is 0 Å². The Morgan fingerprint density at radius 1 is 1.10 bits per heavy atom. The number of ether oxygens (including phenoxy) is 1. The van der Waals surface area contributed by atoms with Crippen LogP contribution in [0.25, 0.3) is 0 Å². The number of hydrogen-bond donors (Lipinski definition) is 1. The average Bonchev–Trinajstić information content (AvgIpc) is 2.97. The SMILES string of the molecule is CCc1cc(N2CCCN(C(=O)OC(C)(C)C)CC2)cc2c1Nc1c(C)cccc1S2. The summed E-state index contributed by atoms with van der Waals surface area (Å²) in [4.78, 5) is 19.3. The van der Waals surface area contributed by atoms with Gasteiger partial charge in [-0.05, 0) is 69.9 Å². The van der Waals surface area contributed by atoms with E-state index in [9.17, 15) is 4.79 Å². The maximum atomic E-state index is 12.5. The molecule has 6 heteroatoms. The number of rotatable bonds is 2. The molecular formula is C25H33N3O2S. The predicted octanol–water partition coefficient (Wildman–Crippen LogP) is 6.21.